The van der Waals surface area contributed by atoms with Gasteiger partial charge in [-0.3, -0.25) is 0 Å². The molecule has 1 aliphatic rings. The maximum Gasteiger partial charge on any atom is 0.437 e. The van der Waals surface area contributed by atoms with Crippen LogP contribution in [-0.4, -0.2) is 17.6 Å². The van der Waals surface area contributed by atoms with Crippen molar-refractivity contribution in [3.05, 3.63) is 17.3 Å². The van der Waals surface area contributed by atoms with Crippen LogP contribution >= 0.6 is 0 Å². The fourth-order valence-corrected chi connectivity index (χ4v) is 2.62. The van der Waals surface area contributed by atoms with E-state index in [4.69, 9.17) is 4.42 Å². The van der Waals surface area contributed by atoms with Gasteiger partial charge in [-0.05, 0) is 25.7 Å². The first-order valence-electron chi connectivity index (χ1n) is 7.15. The van der Waals surface area contributed by atoms with Crippen LogP contribution in [0.4, 0.5) is 13.2 Å². The van der Waals surface area contributed by atoms with Crippen molar-refractivity contribution in [2.24, 2.45) is 5.92 Å². The Kier molecular flexibility index (Phi) is 4.90. The third kappa shape index (κ3) is 3.98. The van der Waals surface area contributed by atoms with E-state index >= 15 is 0 Å². The van der Waals surface area contributed by atoms with Gasteiger partial charge in [0.2, 0.25) is 5.76 Å². The molecule has 0 atom stereocenters. The summed E-state index contributed by atoms with van der Waals surface area (Å²) in [5.74, 6) is -1.71. The molecule has 0 aromatic carbocycles. The highest BCUT2D eigenvalue weighted by molar-refractivity contribution is 5.87. The summed E-state index contributed by atoms with van der Waals surface area (Å²) < 4.78 is 48.4. The van der Waals surface area contributed by atoms with E-state index in [9.17, 15) is 18.0 Å². The van der Waals surface area contributed by atoms with E-state index in [0.29, 0.717) is 6.42 Å². The minimum absolute atomic E-state index is 0.0191. The first-order chi connectivity index (χ1) is 9.91. The van der Waals surface area contributed by atoms with Crippen LogP contribution in [0, 0.1) is 5.92 Å². The monoisotopic (exact) mass is 305 g/mol. The summed E-state index contributed by atoms with van der Waals surface area (Å²) >= 11 is 0. The van der Waals surface area contributed by atoms with E-state index in [1.807, 2.05) is 0 Å². The van der Waals surface area contributed by atoms with Gasteiger partial charge < -0.3 is 9.15 Å². The zero-order valence-electron chi connectivity index (χ0n) is 11.8. The van der Waals surface area contributed by atoms with Crippen LogP contribution < -0.4 is 0 Å². The quantitative estimate of drug-likeness (QED) is 0.789. The Morgan fingerprint density at radius 1 is 1.33 bits per heavy atom. The second-order valence-electron chi connectivity index (χ2n) is 5.21. The number of ether oxygens (including phenoxy) is 1. The van der Waals surface area contributed by atoms with Gasteiger partial charge in [0.15, 0.2) is 11.6 Å². The van der Waals surface area contributed by atoms with Crippen molar-refractivity contribution in [3.63, 3.8) is 0 Å². The summed E-state index contributed by atoms with van der Waals surface area (Å²) in [7, 11) is 0. The molecule has 1 aromatic heterocycles. The molecule has 1 aromatic rings. The summed E-state index contributed by atoms with van der Waals surface area (Å²) in [6, 6.07) is 0. The number of halogens is 3. The van der Waals surface area contributed by atoms with Gasteiger partial charge in [0, 0.05) is 6.42 Å². The highest BCUT2D eigenvalue weighted by atomic mass is 19.4. The predicted octanol–water partition coefficient (Wildman–Crippen LogP) is 3.99. The molecule has 0 aliphatic heterocycles. The fourth-order valence-electron chi connectivity index (χ4n) is 2.62. The van der Waals surface area contributed by atoms with Crippen molar-refractivity contribution < 1.29 is 27.1 Å². The van der Waals surface area contributed by atoms with Crippen LogP contribution in [0.5, 0.6) is 0 Å². The van der Waals surface area contributed by atoms with Gasteiger partial charge in [0.05, 0.1) is 6.61 Å². The van der Waals surface area contributed by atoms with Crippen LogP contribution in [0.1, 0.15) is 61.2 Å². The highest BCUT2D eigenvalue weighted by Crippen LogP contribution is 2.34. The first-order valence-corrected chi connectivity index (χ1v) is 7.15. The molecule has 0 amide bonds. The van der Waals surface area contributed by atoms with Crippen LogP contribution in [0.25, 0.3) is 0 Å². The summed E-state index contributed by atoms with van der Waals surface area (Å²) in [6.07, 6.45) is 0.824. The normalized spacial score (nSPS) is 17.0. The summed E-state index contributed by atoms with van der Waals surface area (Å²) in [5, 5.41) is 0. The Bertz CT molecular complexity index is 490. The molecule has 0 radical (unpaired) electrons. The standard InChI is InChI=1S/C14H18F3NO3/c1-2-20-13(19)11-12(14(15,16)17)18-10(21-11)8-9-6-4-3-5-7-9/h9H,2-8H2,1H3. The zero-order valence-corrected chi connectivity index (χ0v) is 11.8. The predicted molar refractivity (Wildman–Crippen MR) is 67.7 cm³/mol. The largest absolute Gasteiger partial charge is 0.460 e. The molecule has 1 fully saturated rings. The molecule has 4 nitrogen and oxygen atoms in total. The van der Waals surface area contributed by atoms with Crippen molar-refractivity contribution in [1.29, 1.82) is 0 Å². The number of oxazole rings is 1. The van der Waals surface area contributed by atoms with E-state index in [-0.39, 0.29) is 18.4 Å². The van der Waals surface area contributed by atoms with Crippen molar-refractivity contribution >= 4 is 5.97 Å². The summed E-state index contributed by atoms with van der Waals surface area (Å²) in [5.41, 5.74) is -1.29. The zero-order chi connectivity index (χ0) is 15.5. The van der Waals surface area contributed by atoms with E-state index in [1.165, 1.54) is 6.92 Å². The number of alkyl halides is 3. The molecule has 0 N–H and O–H groups in total. The van der Waals surface area contributed by atoms with Gasteiger partial charge in [0.25, 0.3) is 0 Å². The fraction of sp³-hybridized carbons (Fsp3) is 0.714. The Morgan fingerprint density at radius 2 is 2.00 bits per heavy atom. The van der Waals surface area contributed by atoms with Crippen molar-refractivity contribution in [3.8, 4) is 0 Å². The molecule has 0 bridgehead atoms. The maximum atomic E-state index is 12.9. The number of nitrogens with zero attached hydrogens (tertiary/aromatic N) is 1. The molecule has 1 saturated carbocycles. The van der Waals surface area contributed by atoms with E-state index < -0.39 is 23.6 Å². The van der Waals surface area contributed by atoms with Crippen LogP contribution in [-0.2, 0) is 17.3 Å². The smallest absolute Gasteiger partial charge is 0.437 e. The van der Waals surface area contributed by atoms with Crippen LogP contribution in [0.2, 0.25) is 0 Å². The third-order valence-corrected chi connectivity index (χ3v) is 3.59. The van der Waals surface area contributed by atoms with Gasteiger partial charge in [0.1, 0.15) is 0 Å². The van der Waals surface area contributed by atoms with E-state index in [0.717, 1.165) is 32.1 Å². The molecule has 0 unspecified atom stereocenters. The van der Waals surface area contributed by atoms with Gasteiger partial charge in [-0.1, -0.05) is 19.3 Å². The topological polar surface area (TPSA) is 52.3 Å². The minimum Gasteiger partial charge on any atom is -0.460 e. The number of rotatable bonds is 4. The van der Waals surface area contributed by atoms with Crippen molar-refractivity contribution in [1.82, 2.24) is 4.98 Å². The molecule has 1 heterocycles. The van der Waals surface area contributed by atoms with Gasteiger partial charge in [-0.25, -0.2) is 9.78 Å². The lowest BCUT2D eigenvalue weighted by molar-refractivity contribution is -0.141. The number of esters is 1. The number of aromatic nitrogens is 1. The van der Waals surface area contributed by atoms with Gasteiger partial charge in [-0.15, -0.1) is 0 Å². The average Bonchev–Trinajstić information content (AvgIpc) is 2.84. The number of carbonyl (C=O) groups excluding carboxylic acids is 1. The van der Waals surface area contributed by atoms with Gasteiger partial charge >= 0.3 is 12.1 Å². The molecular weight excluding hydrogens is 287 g/mol. The lowest BCUT2D eigenvalue weighted by Gasteiger charge is -2.19. The molecule has 2 rings (SSSR count). The Labute approximate surface area is 120 Å². The number of hydrogen-bond acceptors (Lipinski definition) is 4. The second kappa shape index (κ2) is 6.49. The Hall–Kier alpha value is -1.53. The van der Waals surface area contributed by atoms with Crippen LogP contribution in [0.15, 0.2) is 4.42 Å². The third-order valence-electron chi connectivity index (χ3n) is 3.59. The Balaban J connectivity index is 2.20. The average molecular weight is 305 g/mol. The summed E-state index contributed by atoms with van der Waals surface area (Å²) in [4.78, 5) is 15.0. The molecule has 0 saturated heterocycles. The molecule has 1 aliphatic carbocycles. The molecule has 118 valence electrons. The SMILES string of the molecule is CCOC(=O)c1oc(CC2CCCCC2)nc1C(F)(F)F. The highest BCUT2D eigenvalue weighted by Gasteiger charge is 2.41. The number of carbonyl (C=O) groups is 1. The molecule has 7 heteroatoms. The number of hydrogen-bond donors (Lipinski definition) is 0. The first kappa shape index (κ1) is 15.9. The maximum absolute atomic E-state index is 12.9. The van der Waals surface area contributed by atoms with Gasteiger partial charge in [-0.2, -0.15) is 13.2 Å². The van der Waals surface area contributed by atoms with E-state index in [1.54, 1.807) is 0 Å². The second-order valence-corrected chi connectivity index (χ2v) is 5.21. The summed E-state index contributed by atoms with van der Waals surface area (Å²) in [6.45, 7) is 1.50. The van der Waals surface area contributed by atoms with Crippen LogP contribution in [0.3, 0.4) is 0 Å². The van der Waals surface area contributed by atoms with E-state index in [2.05, 4.69) is 9.72 Å². The van der Waals surface area contributed by atoms with Crippen molar-refractivity contribution in [2.45, 2.75) is 51.6 Å². The van der Waals surface area contributed by atoms with Crippen molar-refractivity contribution in [2.75, 3.05) is 6.61 Å². The molecular formula is C14H18F3NO3. The molecule has 21 heavy (non-hydrogen) atoms. The lowest BCUT2D eigenvalue weighted by Crippen LogP contribution is -2.14. The molecule has 0 spiro atoms. The lowest BCUT2D eigenvalue weighted by atomic mass is 9.87. The Morgan fingerprint density at radius 3 is 2.57 bits per heavy atom. The minimum atomic E-state index is -4.73.